The van der Waals surface area contributed by atoms with Crippen LogP contribution in [0.1, 0.15) is 35.3 Å². The van der Waals surface area contributed by atoms with Crippen molar-refractivity contribution in [2.75, 3.05) is 5.32 Å². The number of rotatable bonds is 5. The Labute approximate surface area is 163 Å². The number of nitrogens with one attached hydrogen (secondary N) is 1. The van der Waals surface area contributed by atoms with Gasteiger partial charge in [-0.15, -0.1) is 0 Å². The van der Waals surface area contributed by atoms with Crippen LogP contribution in [-0.4, -0.2) is 15.6 Å². The highest BCUT2D eigenvalue weighted by molar-refractivity contribution is 6.05. The maximum absolute atomic E-state index is 13.0. The molecule has 0 atom stereocenters. The number of hydrogen-bond acceptors (Lipinski definition) is 5. The molecule has 0 unspecified atom stereocenters. The molecule has 1 aromatic heterocycles. The first-order chi connectivity index (χ1) is 13.5. The summed E-state index contributed by atoms with van der Waals surface area (Å²) >= 11 is 0. The van der Waals surface area contributed by atoms with Crippen LogP contribution in [-0.2, 0) is 6.54 Å². The lowest BCUT2D eigenvalue weighted by molar-refractivity contribution is 0.101. The molecule has 0 aliphatic rings. The van der Waals surface area contributed by atoms with E-state index < -0.39 is 5.56 Å². The molecule has 0 saturated heterocycles. The standard InChI is InChI=1S/C22H20N4O2/c1-4-26-22(28)21(24-18-12-14(2)10-11-17(18)13-23)19(15(3)27)20(25-26)16-8-6-5-7-9-16/h5-12,24H,4H2,1-3H3. The zero-order valence-electron chi connectivity index (χ0n) is 16.0. The predicted molar refractivity (Wildman–Crippen MR) is 109 cm³/mol. The van der Waals surface area contributed by atoms with Crippen LogP contribution in [0.25, 0.3) is 11.3 Å². The summed E-state index contributed by atoms with van der Waals surface area (Å²) < 4.78 is 1.32. The van der Waals surface area contributed by atoms with E-state index in [2.05, 4.69) is 16.5 Å². The van der Waals surface area contributed by atoms with Crippen LogP contribution in [0.2, 0.25) is 0 Å². The lowest BCUT2D eigenvalue weighted by Crippen LogP contribution is -2.28. The number of anilines is 2. The van der Waals surface area contributed by atoms with Crippen LogP contribution in [0.15, 0.2) is 53.3 Å². The van der Waals surface area contributed by atoms with Crippen molar-refractivity contribution in [1.29, 1.82) is 5.26 Å². The Bertz CT molecular complexity index is 1140. The van der Waals surface area contributed by atoms with Crippen LogP contribution >= 0.6 is 0 Å². The average molecular weight is 372 g/mol. The number of aromatic nitrogens is 2. The lowest BCUT2D eigenvalue weighted by Gasteiger charge is -2.17. The molecule has 3 aromatic rings. The largest absolute Gasteiger partial charge is 0.349 e. The van der Waals surface area contributed by atoms with Gasteiger partial charge in [0, 0.05) is 12.1 Å². The molecule has 0 bridgehead atoms. The number of carbonyl (C=O) groups is 1. The van der Waals surface area contributed by atoms with Crippen molar-refractivity contribution in [3.05, 3.63) is 75.6 Å². The Morgan fingerprint density at radius 1 is 1.21 bits per heavy atom. The Morgan fingerprint density at radius 3 is 2.54 bits per heavy atom. The molecule has 3 rings (SSSR count). The van der Waals surface area contributed by atoms with Crippen molar-refractivity contribution in [3.8, 4) is 17.3 Å². The van der Waals surface area contributed by atoms with Gasteiger partial charge in [-0.25, -0.2) is 4.68 Å². The number of carbonyl (C=O) groups excluding carboxylic acids is 1. The van der Waals surface area contributed by atoms with Crippen LogP contribution < -0.4 is 10.9 Å². The molecule has 0 aliphatic heterocycles. The van der Waals surface area contributed by atoms with Crippen LogP contribution in [0.4, 0.5) is 11.4 Å². The van der Waals surface area contributed by atoms with Gasteiger partial charge in [-0.1, -0.05) is 36.4 Å². The van der Waals surface area contributed by atoms with Gasteiger partial charge in [0.25, 0.3) is 5.56 Å². The first kappa shape index (κ1) is 19.1. The van der Waals surface area contributed by atoms with Gasteiger partial charge in [-0.3, -0.25) is 9.59 Å². The fourth-order valence-electron chi connectivity index (χ4n) is 3.04. The molecule has 0 saturated carbocycles. The van der Waals surface area contributed by atoms with Gasteiger partial charge in [-0.2, -0.15) is 10.4 Å². The zero-order chi connectivity index (χ0) is 20.3. The number of hydrogen-bond donors (Lipinski definition) is 1. The van der Waals surface area contributed by atoms with Gasteiger partial charge < -0.3 is 5.32 Å². The van der Waals surface area contributed by atoms with Gasteiger partial charge in [0.2, 0.25) is 0 Å². The third-order valence-electron chi connectivity index (χ3n) is 4.41. The molecule has 0 spiro atoms. The zero-order valence-corrected chi connectivity index (χ0v) is 16.0. The second kappa shape index (κ2) is 7.89. The number of nitrogens with zero attached hydrogens (tertiary/aromatic N) is 3. The highest BCUT2D eigenvalue weighted by Crippen LogP contribution is 2.29. The molecule has 6 nitrogen and oxygen atoms in total. The molecule has 140 valence electrons. The molecule has 0 amide bonds. The number of nitriles is 1. The van der Waals surface area contributed by atoms with E-state index in [1.165, 1.54) is 11.6 Å². The molecule has 1 N–H and O–H groups in total. The first-order valence-electron chi connectivity index (χ1n) is 8.95. The van der Waals surface area contributed by atoms with Crippen LogP contribution in [0.5, 0.6) is 0 Å². The highest BCUT2D eigenvalue weighted by Gasteiger charge is 2.22. The van der Waals surface area contributed by atoms with E-state index in [0.717, 1.165) is 11.1 Å². The van der Waals surface area contributed by atoms with Gasteiger partial charge in [0.15, 0.2) is 5.78 Å². The Morgan fingerprint density at radius 2 is 1.93 bits per heavy atom. The van der Waals surface area contributed by atoms with Gasteiger partial charge in [0.05, 0.1) is 16.8 Å². The smallest absolute Gasteiger partial charge is 0.291 e. The second-order valence-electron chi connectivity index (χ2n) is 6.43. The Kier molecular flexibility index (Phi) is 5.37. The molecular weight excluding hydrogens is 352 g/mol. The van der Waals surface area contributed by atoms with E-state index in [4.69, 9.17) is 0 Å². The quantitative estimate of drug-likeness (QED) is 0.683. The molecular formula is C22H20N4O2. The molecule has 2 aromatic carbocycles. The summed E-state index contributed by atoms with van der Waals surface area (Å²) in [6.45, 7) is 5.47. The third kappa shape index (κ3) is 3.55. The fourth-order valence-corrected chi connectivity index (χ4v) is 3.04. The number of benzene rings is 2. The van der Waals surface area contributed by atoms with E-state index in [9.17, 15) is 14.9 Å². The SMILES string of the molecule is CCn1nc(-c2ccccc2)c(C(C)=O)c(Nc2cc(C)ccc2C#N)c1=O. The van der Waals surface area contributed by atoms with Gasteiger partial charge in [0.1, 0.15) is 17.5 Å². The van der Waals surface area contributed by atoms with E-state index in [-0.39, 0.29) is 17.0 Å². The Hall–Kier alpha value is -3.72. The topological polar surface area (TPSA) is 87.8 Å². The summed E-state index contributed by atoms with van der Waals surface area (Å²) in [6.07, 6.45) is 0. The molecule has 0 radical (unpaired) electrons. The van der Waals surface area contributed by atoms with Crippen molar-refractivity contribution >= 4 is 17.2 Å². The van der Waals surface area contributed by atoms with Crippen molar-refractivity contribution < 1.29 is 4.79 Å². The molecule has 28 heavy (non-hydrogen) atoms. The molecule has 0 aliphatic carbocycles. The van der Waals surface area contributed by atoms with Crippen LogP contribution in [0, 0.1) is 18.3 Å². The average Bonchev–Trinajstić information content (AvgIpc) is 2.69. The van der Waals surface area contributed by atoms with Crippen molar-refractivity contribution in [3.63, 3.8) is 0 Å². The van der Waals surface area contributed by atoms with E-state index >= 15 is 0 Å². The minimum absolute atomic E-state index is 0.130. The first-order valence-corrected chi connectivity index (χ1v) is 8.95. The van der Waals surface area contributed by atoms with Crippen LogP contribution in [0.3, 0.4) is 0 Å². The summed E-state index contributed by atoms with van der Waals surface area (Å²) in [4.78, 5) is 25.5. The number of ketones is 1. The second-order valence-corrected chi connectivity index (χ2v) is 6.43. The summed E-state index contributed by atoms with van der Waals surface area (Å²) in [7, 11) is 0. The molecule has 6 heteroatoms. The fraction of sp³-hybridized carbons (Fsp3) is 0.182. The predicted octanol–water partition coefficient (Wildman–Crippen LogP) is 4.06. The van der Waals surface area contributed by atoms with E-state index in [1.54, 1.807) is 12.1 Å². The minimum Gasteiger partial charge on any atom is -0.349 e. The van der Waals surface area contributed by atoms with Crippen molar-refractivity contribution in [2.45, 2.75) is 27.3 Å². The van der Waals surface area contributed by atoms with Crippen molar-refractivity contribution in [1.82, 2.24) is 9.78 Å². The number of Topliss-reactive ketones (excluding diaryl/α,β-unsaturated/α-hetero) is 1. The lowest BCUT2D eigenvalue weighted by atomic mass is 10.0. The summed E-state index contributed by atoms with van der Waals surface area (Å²) in [6, 6.07) is 16.7. The summed E-state index contributed by atoms with van der Waals surface area (Å²) in [5.74, 6) is -0.277. The normalized spacial score (nSPS) is 10.4. The number of aryl methyl sites for hydroxylation is 2. The van der Waals surface area contributed by atoms with E-state index in [0.29, 0.717) is 23.5 Å². The summed E-state index contributed by atoms with van der Waals surface area (Å²) in [5.41, 5.74) is 2.91. The minimum atomic E-state index is -0.405. The molecule has 0 fully saturated rings. The van der Waals surface area contributed by atoms with Gasteiger partial charge >= 0.3 is 0 Å². The monoisotopic (exact) mass is 372 g/mol. The Balaban J connectivity index is 2.32. The molecule has 1 heterocycles. The maximum Gasteiger partial charge on any atom is 0.291 e. The summed E-state index contributed by atoms with van der Waals surface area (Å²) in [5, 5.41) is 16.9. The maximum atomic E-state index is 13.0. The van der Waals surface area contributed by atoms with E-state index in [1.807, 2.05) is 50.2 Å². The highest BCUT2D eigenvalue weighted by atomic mass is 16.1. The van der Waals surface area contributed by atoms with Crippen molar-refractivity contribution in [2.24, 2.45) is 0 Å². The van der Waals surface area contributed by atoms with Gasteiger partial charge in [-0.05, 0) is 38.5 Å². The third-order valence-corrected chi connectivity index (χ3v) is 4.41.